The van der Waals surface area contributed by atoms with Crippen molar-refractivity contribution < 1.29 is 32.7 Å². The maximum Gasteiger partial charge on any atom is 0.475 e. The first-order valence-electron chi connectivity index (χ1n) is 14.9. The van der Waals surface area contributed by atoms with Crippen LogP contribution >= 0.6 is 7.82 Å². The van der Waals surface area contributed by atoms with Crippen LogP contribution in [0.1, 0.15) is 86.4 Å². The Hall–Kier alpha value is -2.28. The van der Waals surface area contributed by atoms with Crippen molar-refractivity contribution in [2.75, 3.05) is 26.4 Å². The molecule has 1 aromatic heterocycles. The molecule has 0 radical (unpaired) electrons. The van der Waals surface area contributed by atoms with Crippen LogP contribution in [0.15, 0.2) is 15.8 Å². The maximum absolute atomic E-state index is 13.8. The van der Waals surface area contributed by atoms with Crippen LogP contribution in [0, 0.1) is 46.8 Å². The molecule has 12 nitrogen and oxygen atoms in total. The van der Waals surface area contributed by atoms with Gasteiger partial charge in [-0.25, -0.2) is 9.36 Å². The molecule has 2 rings (SSSR count). The number of aromatic amines is 1. The minimum Gasteiger partial charge on any atom is -0.394 e. The molecule has 8 atom stereocenters. The summed E-state index contributed by atoms with van der Waals surface area (Å²) in [6, 6.07) is 1.92. The van der Waals surface area contributed by atoms with Gasteiger partial charge in [-0.3, -0.25) is 27.9 Å². The van der Waals surface area contributed by atoms with Crippen LogP contribution < -0.4 is 11.2 Å². The molecule has 0 bridgehead atoms. The Balaban J connectivity index is 2.22. The Morgan fingerprint density at radius 3 is 2.44 bits per heavy atom. The van der Waals surface area contributed by atoms with Gasteiger partial charge in [0.05, 0.1) is 44.5 Å². The molecule has 0 amide bonds. The summed E-state index contributed by atoms with van der Waals surface area (Å²) in [5.41, 5.74) is -1.78. The van der Waals surface area contributed by atoms with Gasteiger partial charge in [0.2, 0.25) is 0 Å². The molecule has 5 unspecified atom stereocenters. The number of aliphatic hydroxyl groups is 1. The Kier molecular flexibility index (Phi) is 14.3. The van der Waals surface area contributed by atoms with Crippen LogP contribution in [0.4, 0.5) is 0 Å². The fraction of sp³-hybridized carbons (Fsp3) is 0.767. The smallest absolute Gasteiger partial charge is 0.394 e. The van der Waals surface area contributed by atoms with Gasteiger partial charge in [0.1, 0.15) is 24.0 Å². The molecule has 1 aliphatic rings. The van der Waals surface area contributed by atoms with E-state index in [1.165, 1.54) is 6.20 Å². The van der Waals surface area contributed by atoms with Gasteiger partial charge in [-0.1, -0.05) is 53.9 Å². The number of phosphoric acid groups is 1. The van der Waals surface area contributed by atoms with Gasteiger partial charge in [-0.15, -0.1) is 5.92 Å². The first-order chi connectivity index (χ1) is 20.3. The molecule has 43 heavy (non-hydrogen) atoms. The van der Waals surface area contributed by atoms with Crippen molar-refractivity contribution in [2.24, 2.45) is 23.7 Å². The van der Waals surface area contributed by atoms with Crippen LogP contribution in [0.2, 0.25) is 0 Å². The van der Waals surface area contributed by atoms with Crippen molar-refractivity contribution >= 4 is 7.82 Å². The molecule has 242 valence electrons. The van der Waals surface area contributed by atoms with Gasteiger partial charge >= 0.3 is 13.5 Å². The quantitative estimate of drug-likeness (QED) is 0.144. The lowest BCUT2D eigenvalue weighted by Gasteiger charge is -2.45. The van der Waals surface area contributed by atoms with E-state index in [0.29, 0.717) is 11.8 Å². The number of nitriles is 1. The van der Waals surface area contributed by atoms with E-state index in [0.717, 1.165) is 11.0 Å². The lowest BCUT2D eigenvalue weighted by atomic mass is 9.70. The van der Waals surface area contributed by atoms with E-state index in [4.69, 9.17) is 28.3 Å². The first kappa shape index (κ1) is 36.9. The average molecular weight is 626 g/mol. The van der Waals surface area contributed by atoms with E-state index in [1.54, 1.807) is 6.92 Å². The van der Waals surface area contributed by atoms with Crippen LogP contribution in [0.3, 0.4) is 0 Å². The van der Waals surface area contributed by atoms with Crippen molar-refractivity contribution in [1.29, 1.82) is 5.26 Å². The zero-order valence-electron chi connectivity index (χ0n) is 26.6. The number of ether oxygens (including phenoxy) is 2. The third-order valence-electron chi connectivity index (χ3n) is 8.68. The zero-order chi connectivity index (χ0) is 32.4. The molecule has 1 aliphatic heterocycles. The minimum atomic E-state index is -4.27. The lowest BCUT2D eigenvalue weighted by molar-refractivity contribution is -0.135. The third kappa shape index (κ3) is 9.60. The van der Waals surface area contributed by atoms with Crippen molar-refractivity contribution in [2.45, 2.75) is 98.7 Å². The van der Waals surface area contributed by atoms with Gasteiger partial charge in [0.15, 0.2) is 0 Å². The standard InChI is InChI=1S/C30H48N3O9P/c1-9-12-24-18-33(29(36)32-28(24)35)27-17-25(26(19-34)41-27)42-43(37,39-14-11-13-31)40-16-15-38-30(8,22(6)20(3)4)23(7)21(5)10-2/h18,20-23,25-27,34H,10-11,14-17,19H2,1-8H3,(H,32,35,36)/t21?,22?,23?,25-,26-,27-,30?,43?/m1/s1. The van der Waals surface area contributed by atoms with Crippen LogP contribution in [0.25, 0.3) is 0 Å². The van der Waals surface area contributed by atoms with E-state index in [1.807, 2.05) is 6.07 Å². The SMILES string of the molecule is CC#Cc1cn([C@H]2C[C@@H](OP(=O)(OCCC#N)OCCOC(C)(C(C)C(C)C)C(C)C(C)CC)[C@@H](CO)O2)c(=O)[nH]c1=O. The average Bonchev–Trinajstić information content (AvgIpc) is 3.37. The topological polar surface area (TPSA) is 162 Å². The number of aliphatic hydroxyl groups excluding tert-OH is 1. The first-order valence-corrected chi connectivity index (χ1v) is 16.4. The number of hydrogen-bond acceptors (Lipinski definition) is 10. The molecule has 1 fully saturated rings. The number of rotatable bonds is 17. The van der Waals surface area contributed by atoms with E-state index < -0.39 is 49.7 Å². The van der Waals surface area contributed by atoms with E-state index in [9.17, 15) is 19.3 Å². The number of phosphoric ester groups is 1. The monoisotopic (exact) mass is 625 g/mol. The summed E-state index contributed by atoms with van der Waals surface area (Å²) in [5, 5.41) is 18.9. The summed E-state index contributed by atoms with van der Waals surface area (Å²) >= 11 is 0. The highest BCUT2D eigenvalue weighted by Gasteiger charge is 2.44. The fourth-order valence-corrected chi connectivity index (χ4v) is 6.57. The van der Waals surface area contributed by atoms with Crippen LogP contribution in [0.5, 0.6) is 0 Å². The molecule has 0 spiro atoms. The number of H-pyrrole nitrogens is 1. The Morgan fingerprint density at radius 2 is 1.86 bits per heavy atom. The van der Waals surface area contributed by atoms with Gasteiger partial charge < -0.3 is 14.6 Å². The van der Waals surface area contributed by atoms with Gasteiger partial charge in [-0.2, -0.15) is 5.26 Å². The van der Waals surface area contributed by atoms with Crippen molar-refractivity contribution in [3.63, 3.8) is 0 Å². The summed E-state index contributed by atoms with van der Waals surface area (Å²) in [6.45, 7) is 16.0. The predicted molar refractivity (Wildman–Crippen MR) is 161 cm³/mol. The van der Waals surface area contributed by atoms with Crippen LogP contribution in [-0.2, 0) is 27.6 Å². The molecular weight excluding hydrogens is 577 g/mol. The molecule has 0 aromatic carbocycles. The summed E-state index contributed by atoms with van der Waals surface area (Å²) in [7, 11) is -4.27. The number of aromatic nitrogens is 2. The highest BCUT2D eigenvalue weighted by molar-refractivity contribution is 7.48. The molecule has 2 N–H and O–H groups in total. The maximum atomic E-state index is 13.8. The van der Waals surface area contributed by atoms with Crippen LogP contribution in [-0.4, -0.2) is 58.9 Å². The van der Waals surface area contributed by atoms with E-state index in [2.05, 4.69) is 65.3 Å². The highest BCUT2D eigenvalue weighted by Crippen LogP contribution is 2.53. The van der Waals surface area contributed by atoms with Gasteiger partial charge in [-0.05, 0) is 37.5 Å². The number of hydrogen-bond donors (Lipinski definition) is 2. The Morgan fingerprint density at radius 1 is 1.19 bits per heavy atom. The molecule has 1 saturated heterocycles. The van der Waals surface area contributed by atoms with Crippen molar-refractivity contribution in [3.8, 4) is 17.9 Å². The summed E-state index contributed by atoms with van der Waals surface area (Å²) in [6.07, 6.45) is -0.732. The summed E-state index contributed by atoms with van der Waals surface area (Å²) in [5.74, 6) is 6.49. The van der Waals surface area contributed by atoms with Gasteiger partial charge in [0, 0.05) is 12.6 Å². The Bertz CT molecular complexity index is 1310. The lowest BCUT2D eigenvalue weighted by Crippen LogP contribution is -2.47. The normalized spacial score (nSPS) is 23.4. The van der Waals surface area contributed by atoms with Gasteiger partial charge in [0.25, 0.3) is 5.56 Å². The Labute approximate surface area is 254 Å². The zero-order valence-corrected chi connectivity index (χ0v) is 27.5. The summed E-state index contributed by atoms with van der Waals surface area (Å²) in [4.78, 5) is 26.8. The second-order valence-corrected chi connectivity index (χ2v) is 13.2. The van der Waals surface area contributed by atoms with Crippen molar-refractivity contribution in [3.05, 3.63) is 32.6 Å². The molecule has 0 saturated carbocycles. The molecule has 2 heterocycles. The highest BCUT2D eigenvalue weighted by atomic mass is 31.2. The fourth-order valence-electron chi connectivity index (χ4n) is 5.20. The van der Waals surface area contributed by atoms with Crippen molar-refractivity contribution in [1.82, 2.24) is 9.55 Å². The number of nitrogens with one attached hydrogen (secondary N) is 1. The molecule has 0 aliphatic carbocycles. The predicted octanol–water partition coefficient (Wildman–Crippen LogP) is 4.38. The second kappa shape index (κ2) is 16.7. The third-order valence-corrected chi connectivity index (χ3v) is 10.2. The minimum absolute atomic E-state index is 0.0158. The number of nitrogens with zero attached hydrogens (tertiary/aromatic N) is 2. The van der Waals surface area contributed by atoms with E-state index in [-0.39, 0.29) is 50.1 Å². The molecule has 13 heteroatoms. The second-order valence-electron chi connectivity index (χ2n) is 11.5. The largest absolute Gasteiger partial charge is 0.475 e. The molecular formula is C30H48N3O9P. The summed E-state index contributed by atoms with van der Waals surface area (Å²) < 4.78 is 44.1. The molecule has 1 aromatic rings. The van der Waals surface area contributed by atoms with E-state index >= 15 is 0 Å².